The lowest BCUT2D eigenvalue weighted by Gasteiger charge is -2.06. The van der Waals surface area contributed by atoms with Crippen LogP contribution >= 0.6 is 11.8 Å². The minimum absolute atomic E-state index is 0.0762. The van der Waals surface area contributed by atoms with Crippen molar-refractivity contribution >= 4 is 23.7 Å². The monoisotopic (exact) mass is 287 g/mol. The molecule has 0 aromatic carbocycles. The number of thioether (sulfide) groups is 1. The van der Waals surface area contributed by atoms with Gasteiger partial charge in [0.15, 0.2) is 0 Å². The normalized spacial score (nSPS) is 11.9. The van der Waals surface area contributed by atoms with Crippen molar-refractivity contribution < 1.29 is 23.8 Å². The van der Waals surface area contributed by atoms with E-state index in [0.717, 1.165) is 17.8 Å². The number of aliphatic carboxylic acids is 1. The van der Waals surface area contributed by atoms with Gasteiger partial charge in [0.1, 0.15) is 11.8 Å². The summed E-state index contributed by atoms with van der Waals surface area (Å²) < 4.78 is 9.80. The largest absolute Gasteiger partial charge is 0.480 e. The van der Waals surface area contributed by atoms with E-state index in [0.29, 0.717) is 0 Å². The lowest BCUT2D eigenvalue weighted by Crippen LogP contribution is -2.33. The van der Waals surface area contributed by atoms with Crippen LogP contribution in [0.4, 0.5) is 0 Å². The van der Waals surface area contributed by atoms with Gasteiger partial charge in [0, 0.05) is 11.8 Å². The van der Waals surface area contributed by atoms with Crippen LogP contribution in [0, 0.1) is 6.92 Å². The molecule has 0 aliphatic carbocycles. The van der Waals surface area contributed by atoms with Crippen molar-refractivity contribution in [2.24, 2.45) is 5.73 Å². The molecular weight excluding hydrogens is 274 g/mol. The molecule has 0 radical (unpaired) electrons. The van der Waals surface area contributed by atoms with Gasteiger partial charge < -0.3 is 20.0 Å². The average Bonchev–Trinajstić information content (AvgIpc) is 2.33. The zero-order valence-corrected chi connectivity index (χ0v) is 10.9. The second kappa shape index (κ2) is 6.95. The zero-order chi connectivity index (χ0) is 14.4. The molecule has 0 saturated heterocycles. The molecule has 0 saturated carbocycles. The number of aryl methyl sites for hydroxylation is 1. The number of carbonyl (C=O) groups excluding carboxylic acids is 1. The predicted octanol–water partition coefficient (Wildman–Crippen LogP) is -0.00128. The second-order valence-corrected chi connectivity index (χ2v) is 4.63. The van der Waals surface area contributed by atoms with E-state index in [9.17, 15) is 14.4 Å². The van der Waals surface area contributed by atoms with Crippen molar-refractivity contribution in [1.29, 1.82) is 0 Å². The van der Waals surface area contributed by atoms with Crippen molar-refractivity contribution in [2.75, 3.05) is 11.5 Å². The summed E-state index contributed by atoms with van der Waals surface area (Å²) in [5.74, 6) is -1.78. The van der Waals surface area contributed by atoms with Crippen LogP contribution < -0.4 is 15.9 Å². The predicted molar refractivity (Wildman–Crippen MR) is 68.3 cm³/mol. The molecule has 0 spiro atoms. The number of ether oxygens (including phenoxy) is 1. The number of rotatable bonds is 6. The van der Waals surface area contributed by atoms with E-state index < -0.39 is 23.4 Å². The Morgan fingerprint density at radius 2 is 2.26 bits per heavy atom. The quantitative estimate of drug-likeness (QED) is 0.701. The lowest BCUT2D eigenvalue weighted by atomic mass is 10.4. The molecule has 1 heterocycles. The van der Waals surface area contributed by atoms with Crippen LogP contribution in [-0.4, -0.2) is 34.6 Å². The van der Waals surface area contributed by atoms with Gasteiger partial charge in [0.2, 0.25) is 11.2 Å². The van der Waals surface area contributed by atoms with Gasteiger partial charge in [0.05, 0.1) is 12.0 Å². The molecule has 0 bridgehead atoms. The number of hydrogen-bond acceptors (Lipinski definition) is 7. The summed E-state index contributed by atoms with van der Waals surface area (Å²) in [5.41, 5.74) is 4.81. The molecular formula is C11H13NO6S. The molecule has 1 atom stereocenters. The zero-order valence-electron chi connectivity index (χ0n) is 10.1. The first-order chi connectivity index (χ1) is 8.91. The van der Waals surface area contributed by atoms with Crippen molar-refractivity contribution in [3.8, 4) is 5.75 Å². The smallest absolute Gasteiger partial charge is 0.321 e. The molecule has 8 heteroatoms. The Balaban J connectivity index is 2.48. The molecule has 1 rings (SSSR count). The fourth-order valence-electron chi connectivity index (χ4n) is 1.11. The van der Waals surface area contributed by atoms with Gasteiger partial charge >= 0.3 is 11.9 Å². The first-order valence-electron chi connectivity index (χ1n) is 5.27. The first-order valence-corrected chi connectivity index (χ1v) is 6.42. The van der Waals surface area contributed by atoms with E-state index >= 15 is 0 Å². The number of hydrogen-bond donors (Lipinski definition) is 2. The van der Waals surface area contributed by atoms with Gasteiger partial charge in [0.25, 0.3) is 0 Å². The molecule has 7 nitrogen and oxygen atoms in total. The standard InChI is InChI=1S/C11H13NO6S/c1-6-10(8(13)2-3-17-6)18-9(14)5-19-4-7(12)11(15)16/h2-3,7H,4-5,12H2,1H3,(H,15,16)/t7-/m0/s1. The molecule has 3 N–H and O–H groups in total. The SMILES string of the molecule is Cc1occc(=O)c1OC(=O)CSC[C@H](N)C(=O)O. The van der Waals surface area contributed by atoms with Gasteiger partial charge in [-0.1, -0.05) is 0 Å². The molecule has 0 fully saturated rings. The van der Waals surface area contributed by atoms with Gasteiger partial charge in [-0.05, 0) is 6.92 Å². The maximum Gasteiger partial charge on any atom is 0.321 e. The van der Waals surface area contributed by atoms with E-state index in [1.807, 2.05) is 0 Å². The minimum Gasteiger partial charge on any atom is -0.480 e. The molecule has 1 aromatic rings. The third-order valence-electron chi connectivity index (χ3n) is 2.06. The Morgan fingerprint density at radius 3 is 2.84 bits per heavy atom. The average molecular weight is 287 g/mol. The Kier molecular flexibility index (Phi) is 5.58. The van der Waals surface area contributed by atoms with Gasteiger partial charge in [-0.25, -0.2) is 0 Å². The minimum atomic E-state index is -1.14. The number of carboxylic acids is 1. The van der Waals surface area contributed by atoms with Crippen LogP contribution in [0.5, 0.6) is 5.75 Å². The Morgan fingerprint density at radius 1 is 1.58 bits per heavy atom. The molecule has 0 amide bonds. The molecule has 104 valence electrons. The number of carboxylic acid groups (broad SMARTS) is 1. The summed E-state index contributed by atoms with van der Waals surface area (Å²) in [6, 6.07) is 0.102. The molecule has 0 aliphatic rings. The fraction of sp³-hybridized carbons (Fsp3) is 0.364. The number of nitrogens with two attached hydrogens (primary N) is 1. The number of esters is 1. The Bertz CT molecular complexity index is 526. The van der Waals surface area contributed by atoms with Crippen LogP contribution in [-0.2, 0) is 9.59 Å². The highest BCUT2D eigenvalue weighted by molar-refractivity contribution is 8.00. The Labute approximate surface area is 112 Å². The van der Waals surface area contributed by atoms with E-state index in [1.165, 1.54) is 13.2 Å². The summed E-state index contributed by atoms with van der Waals surface area (Å²) in [6.45, 7) is 1.50. The van der Waals surface area contributed by atoms with Crippen LogP contribution in [0.1, 0.15) is 5.76 Å². The van der Waals surface area contributed by atoms with Crippen molar-refractivity contribution in [1.82, 2.24) is 0 Å². The summed E-state index contributed by atoms with van der Waals surface area (Å²) in [5, 5.41) is 8.55. The summed E-state index contributed by atoms with van der Waals surface area (Å²) in [6.07, 6.45) is 1.20. The number of carbonyl (C=O) groups is 2. The van der Waals surface area contributed by atoms with E-state index in [4.69, 9.17) is 20.0 Å². The fourth-order valence-corrected chi connectivity index (χ4v) is 1.85. The molecule has 19 heavy (non-hydrogen) atoms. The highest BCUT2D eigenvalue weighted by Gasteiger charge is 2.15. The van der Waals surface area contributed by atoms with E-state index in [1.54, 1.807) is 0 Å². The Hall–Kier alpha value is -1.80. The molecule has 0 aliphatic heterocycles. The molecule has 1 aromatic heterocycles. The third-order valence-corrected chi connectivity index (χ3v) is 3.09. The van der Waals surface area contributed by atoms with Crippen molar-refractivity contribution in [3.63, 3.8) is 0 Å². The summed E-state index contributed by atoms with van der Waals surface area (Å²) in [7, 11) is 0. The molecule has 0 unspecified atom stereocenters. The summed E-state index contributed by atoms with van der Waals surface area (Å²) in [4.78, 5) is 33.3. The second-order valence-electron chi connectivity index (χ2n) is 3.60. The topological polar surface area (TPSA) is 120 Å². The van der Waals surface area contributed by atoms with Crippen molar-refractivity contribution in [2.45, 2.75) is 13.0 Å². The van der Waals surface area contributed by atoms with Gasteiger partial charge in [-0.15, -0.1) is 11.8 Å². The third kappa shape index (κ3) is 4.76. The van der Waals surface area contributed by atoms with Gasteiger partial charge in [-0.2, -0.15) is 0 Å². The maximum absolute atomic E-state index is 11.5. The lowest BCUT2D eigenvalue weighted by molar-refractivity contribution is -0.138. The summed E-state index contributed by atoms with van der Waals surface area (Å²) >= 11 is 1.02. The van der Waals surface area contributed by atoms with Crippen molar-refractivity contribution in [3.05, 3.63) is 28.3 Å². The van der Waals surface area contributed by atoms with Crippen LogP contribution in [0.2, 0.25) is 0 Å². The van der Waals surface area contributed by atoms with Crippen LogP contribution in [0.25, 0.3) is 0 Å². The van der Waals surface area contributed by atoms with E-state index in [2.05, 4.69) is 0 Å². The first kappa shape index (κ1) is 15.3. The van der Waals surface area contributed by atoms with Crippen LogP contribution in [0.15, 0.2) is 21.5 Å². The van der Waals surface area contributed by atoms with Crippen LogP contribution in [0.3, 0.4) is 0 Å². The van der Waals surface area contributed by atoms with E-state index in [-0.39, 0.29) is 23.0 Å². The maximum atomic E-state index is 11.5. The van der Waals surface area contributed by atoms with Gasteiger partial charge in [-0.3, -0.25) is 14.4 Å². The highest BCUT2D eigenvalue weighted by atomic mass is 32.2. The highest BCUT2D eigenvalue weighted by Crippen LogP contribution is 2.12.